The Kier molecular flexibility index (Phi) is 6.47. The van der Waals surface area contributed by atoms with Crippen molar-refractivity contribution < 1.29 is 13.2 Å². The fourth-order valence-corrected chi connectivity index (χ4v) is 3.04. The zero-order chi connectivity index (χ0) is 13.6. The van der Waals surface area contributed by atoms with E-state index in [0.29, 0.717) is 12.8 Å². The molecule has 0 saturated heterocycles. The molecule has 0 aliphatic heterocycles. The van der Waals surface area contributed by atoms with Gasteiger partial charge in [-0.05, 0) is 44.6 Å². The Labute approximate surface area is 109 Å². The van der Waals surface area contributed by atoms with Crippen LogP contribution in [-0.2, 0) is 0 Å². The van der Waals surface area contributed by atoms with Crippen LogP contribution in [0.5, 0.6) is 0 Å². The zero-order valence-corrected chi connectivity index (χ0v) is 11.5. The second kappa shape index (κ2) is 7.37. The van der Waals surface area contributed by atoms with Crippen LogP contribution in [0.1, 0.15) is 58.8 Å². The summed E-state index contributed by atoms with van der Waals surface area (Å²) in [5.74, 6) is -0.865. The Balaban J connectivity index is 2.55. The van der Waals surface area contributed by atoms with Gasteiger partial charge in [0, 0.05) is 6.04 Å². The van der Waals surface area contributed by atoms with Gasteiger partial charge in [0.25, 0.3) is 0 Å². The maximum Gasteiger partial charge on any atom is 0.391 e. The number of hydrogen-bond donors (Lipinski definition) is 1. The van der Waals surface area contributed by atoms with E-state index in [0.717, 1.165) is 38.6 Å². The molecular weight excluding hydrogens is 239 g/mol. The van der Waals surface area contributed by atoms with Crippen LogP contribution in [0.3, 0.4) is 0 Å². The minimum Gasteiger partial charge on any atom is -0.314 e. The van der Waals surface area contributed by atoms with Crippen molar-refractivity contribution >= 4 is 0 Å². The lowest BCUT2D eigenvalue weighted by Crippen LogP contribution is -2.41. The molecule has 1 saturated carbocycles. The van der Waals surface area contributed by atoms with Gasteiger partial charge in [0.05, 0.1) is 5.92 Å². The van der Waals surface area contributed by atoms with E-state index in [9.17, 15) is 13.2 Å². The molecule has 108 valence electrons. The van der Waals surface area contributed by atoms with Gasteiger partial charge in [-0.25, -0.2) is 0 Å². The molecule has 0 aromatic heterocycles. The van der Waals surface area contributed by atoms with E-state index in [2.05, 4.69) is 19.2 Å². The third-order valence-corrected chi connectivity index (χ3v) is 4.00. The number of alkyl halides is 3. The van der Waals surface area contributed by atoms with Crippen molar-refractivity contribution in [3.8, 4) is 0 Å². The molecule has 1 N–H and O–H groups in total. The maximum absolute atomic E-state index is 12.8. The van der Waals surface area contributed by atoms with E-state index >= 15 is 0 Å². The zero-order valence-electron chi connectivity index (χ0n) is 11.5. The first-order valence-electron chi connectivity index (χ1n) is 7.29. The summed E-state index contributed by atoms with van der Waals surface area (Å²) in [6.45, 7) is 5.11. The van der Waals surface area contributed by atoms with Crippen LogP contribution >= 0.6 is 0 Å². The van der Waals surface area contributed by atoms with Crippen molar-refractivity contribution in [1.29, 1.82) is 0 Å². The predicted molar refractivity (Wildman–Crippen MR) is 68.5 cm³/mol. The third-order valence-electron chi connectivity index (χ3n) is 4.00. The van der Waals surface area contributed by atoms with Gasteiger partial charge in [0.1, 0.15) is 0 Å². The van der Waals surface area contributed by atoms with Crippen LogP contribution in [0.15, 0.2) is 0 Å². The Hall–Kier alpha value is -0.250. The lowest BCUT2D eigenvalue weighted by molar-refractivity contribution is -0.186. The van der Waals surface area contributed by atoms with E-state index in [1.807, 2.05) is 0 Å². The highest BCUT2D eigenvalue weighted by Gasteiger charge is 2.43. The minimum atomic E-state index is -4.00. The number of hydrogen-bond acceptors (Lipinski definition) is 1. The topological polar surface area (TPSA) is 12.0 Å². The van der Waals surface area contributed by atoms with Crippen molar-refractivity contribution in [2.45, 2.75) is 71.0 Å². The third kappa shape index (κ3) is 4.79. The van der Waals surface area contributed by atoms with E-state index in [1.165, 1.54) is 0 Å². The molecule has 0 radical (unpaired) electrons. The Morgan fingerprint density at radius 1 is 1.17 bits per heavy atom. The predicted octanol–water partition coefficient (Wildman–Crippen LogP) is 4.52. The molecular formula is C14H26F3N. The molecule has 1 aliphatic rings. The molecule has 3 unspecified atom stereocenters. The molecule has 0 bridgehead atoms. The monoisotopic (exact) mass is 265 g/mol. The Morgan fingerprint density at radius 2 is 1.89 bits per heavy atom. The smallest absolute Gasteiger partial charge is 0.314 e. The quantitative estimate of drug-likeness (QED) is 0.744. The second-order valence-corrected chi connectivity index (χ2v) is 5.51. The molecule has 1 aliphatic carbocycles. The minimum absolute atomic E-state index is 0.205. The number of rotatable bonds is 6. The van der Waals surface area contributed by atoms with Crippen molar-refractivity contribution in [2.75, 3.05) is 6.54 Å². The van der Waals surface area contributed by atoms with Gasteiger partial charge in [-0.15, -0.1) is 0 Å². The molecule has 3 atom stereocenters. The van der Waals surface area contributed by atoms with Crippen LogP contribution in [0.25, 0.3) is 0 Å². The number of nitrogens with one attached hydrogen (secondary N) is 1. The lowest BCUT2D eigenvalue weighted by atomic mass is 9.76. The highest BCUT2D eigenvalue weighted by Crippen LogP contribution is 2.41. The Bertz CT molecular complexity index is 228. The summed E-state index contributed by atoms with van der Waals surface area (Å²) in [6.07, 6.45) is 1.40. The van der Waals surface area contributed by atoms with Gasteiger partial charge < -0.3 is 5.32 Å². The molecule has 1 rings (SSSR count). The first-order chi connectivity index (χ1) is 8.49. The molecule has 18 heavy (non-hydrogen) atoms. The molecule has 0 heterocycles. The first-order valence-corrected chi connectivity index (χ1v) is 7.29. The fraction of sp³-hybridized carbons (Fsp3) is 1.00. The van der Waals surface area contributed by atoms with Crippen molar-refractivity contribution in [3.63, 3.8) is 0 Å². The van der Waals surface area contributed by atoms with E-state index in [4.69, 9.17) is 0 Å². The molecule has 0 amide bonds. The van der Waals surface area contributed by atoms with E-state index < -0.39 is 12.1 Å². The molecule has 1 fully saturated rings. The van der Waals surface area contributed by atoms with Gasteiger partial charge in [-0.2, -0.15) is 13.2 Å². The van der Waals surface area contributed by atoms with Crippen LogP contribution in [0.2, 0.25) is 0 Å². The van der Waals surface area contributed by atoms with Crippen LogP contribution in [-0.4, -0.2) is 18.8 Å². The summed E-state index contributed by atoms with van der Waals surface area (Å²) in [4.78, 5) is 0. The molecule has 4 heteroatoms. The summed E-state index contributed by atoms with van der Waals surface area (Å²) in [7, 11) is 0. The maximum atomic E-state index is 12.8. The van der Waals surface area contributed by atoms with Crippen molar-refractivity contribution in [2.24, 2.45) is 11.8 Å². The number of halogens is 3. The second-order valence-electron chi connectivity index (χ2n) is 5.51. The highest BCUT2D eigenvalue weighted by molar-refractivity contribution is 4.84. The molecule has 1 nitrogen and oxygen atoms in total. The van der Waals surface area contributed by atoms with Gasteiger partial charge in [-0.1, -0.05) is 26.7 Å². The highest BCUT2D eigenvalue weighted by atomic mass is 19.4. The van der Waals surface area contributed by atoms with Crippen LogP contribution in [0.4, 0.5) is 13.2 Å². The van der Waals surface area contributed by atoms with E-state index in [1.54, 1.807) is 0 Å². The summed E-state index contributed by atoms with van der Waals surface area (Å²) < 4.78 is 38.4. The van der Waals surface area contributed by atoms with Crippen LogP contribution in [0, 0.1) is 11.8 Å². The molecule has 0 aromatic rings. The first kappa shape index (κ1) is 15.8. The van der Waals surface area contributed by atoms with E-state index in [-0.39, 0.29) is 12.0 Å². The normalized spacial score (nSPS) is 27.2. The van der Waals surface area contributed by atoms with Gasteiger partial charge in [0.15, 0.2) is 0 Å². The van der Waals surface area contributed by atoms with Crippen LogP contribution < -0.4 is 5.32 Å². The van der Waals surface area contributed by atoms with Crippen molar-refractivity contribution in [3.05, 3.63) is 0 Å². The average Bonchev–Trinajstić information content (AvgIpc) is 2.33. The Morgan fingerprint density at radius 3 is 2.44 bits per heavy atom. The lowest BCUT2D eigenvalue weighted by Gasteiger charge is -2.36. The van der Waals surface area contributed by atoms with Gasteiger partial charge in [0.2, 0.25) is 0 Å². The van der Waals surface area contributed by atoms with Gasteiger partial charge in [-0.3, -0.25) is 0 Å². The molecule has 0 spiro atoms. The summed E-state index contributed by atoms with van der Waals surface area (Å²) in [6, 6.07) is 0.278. The molecule has 0 aromatic carbocycles. The SMILES string of the molecule is CCCNC(CCC)C1CCCC(C(F)(F)F)C1. The fourth-order valence-electron chi connectivity index (χ4n) is 3.04. The van der Waals surface area contributed by atoms with Crippen molar-refractivity contribution in [1.82, 2.24) is 5.32 Å². The summed E-state index contributed by atoms with van der Waals surface area (Å²) in [5, 5.41) is 3.44. The standard InChI is InChI=1S/C14H26F3N/c1-3-6-13(18-9-4-2)11-7-5-8-12(10-11)14(15,16)17/h11-13,18H,3-10H2,1-2H3. The summed E-state index contributed by atoms with van der Waals surface area (Å²) >= 11 is 0. The van der Waals surface area contributed by atoms with Gasteiger partial charge >= 0.3 is 6.18 Å². The largest absolute Gasteiger partial charge is 0.391 e. The average molecular weight is 265 g/mol. The summed E-state index contributed by atoms with van der Waals surface area (Å²) in [5.41, 5.74) is 0.